The van der Waals surface area contributed by atoms with Gasteiger partial charge in [0.15, 0.2) is 5.16 Å². The van der Waals surface area contributed by atoms with Crippen molar-refractivity contribution in [2.45, 2.75) is 37.4 Å². The lowest BCUT2D eigenvalue weighted by Gasteiger charge is -2.40. The number of carbonyl (C=O) groups is 2. The van der Waals surface area contributed by atoms with Gasteiger partial charge < -0.3 is 24.8 Å². The molecule has 2 aliphatic rings. The number of hydrogen-bond donors (Lipinski definition) is 1. The van der Waals surface area contributed by atoms with Gasteiger partial charge in [-0.25, -0.2) is 9.97 Å². The molecule has 4 rings (SSSR count). The summed E-state index contributed by atoms with van der Waals surface area (Å²) < 4.78 is 5.26. The SMILES string of the molecule is COc1cccc(C(=O)N2CCN(c3cc(Cl)nc(SCC(=O)NCCN4CCCCC4)n3)CC2C)c1. The topological polar surface area (TPSA) is 90.9 Å². The van der Waals surface area contributed by atoms with Gasteiger partial charge in [-0.2, -0.15) is 0 Å². The van der Waals surface area contributed by atoms with Crippen LogP contribution in [0.15, 0.2) is 35.5 Å². The predicted molar refractivity (Wildman–Crippen MR) is 147 cm³/mol. The standard InChI is InChI=1S/C26H35ClN6O3S/c1-19-17-32(13-14-33(19)25(35)20-7-6-8-21(15-20)36-2)23-16-22(27)29-26(30-23)37-18-24(34)28-9-12-31-10-4-3-5-11-31/h6-8,15-16,19H,3-5,9-14,17-18H2,1-2H3,(H,28,34). The van der Waals surface area contributed by atoms with Crippen molar-refractivity contribution in [2.75, 3.05) is 63.6 Å². The van der Waals surface area contributed by atoms with Crippen molar-refractivity contribution >= 4 is 41.0 Å². The third kappa shape index (κ3) is 7.72. The zero-order valence-electron chi connectivity index (χ0n) is 21.5. The summed E-state index contributed by atoms with van der Waals surface area (Å²) in [6, 6.07) is 8.93. The Hall–Kier alpha value is -2.56. The molecule has 1 unspecified atom stereocenters. The number of ether oxygens (including phenoxy) is 1. The molecule has 0 saturated carbocycles. The number of likely N-dealkylation sites (tertiary alicyclic amines) is 1. The van der Waals surface area contributed by atoms with E-state index < -0.39 is 0 Å². The number of benzene rings is 1. The molecule has 0 radical (unpaired) electrons. The fourth-order valence-electron chi connectivity index (χ4n) is 4.72. The molecule has 11 heteroatoms. The lowest BCUT2D eigenvalue weighted by molar-refractivity contribution is -0.118. The molecule has 37 heavy (non-hydrogen) atoms. The summed E-state index contributed by atoms with van der Waals surface area (Å²) >= 11 is 7.58. The van der Waals surface area contributed by atoms with Crippen molar-refractivity contribution < 1.29 is 14.3 Å². The molecule has 0 spiro atoms. The van der Waals surface area contributed by atoms with E-state index >= 15 is 0 Å². The van der Waals surface area contributed by atoms with E-state index in [1.807, 2.05) is 30.0 Å². The van der Waals surface area contributed by atoms with E-state index in [9.17, 15) is 9.59 Å². The Balaban J connectivity index is 1.29. The van der Waals surface area contributed by atoms with Gasteiger partial charge >= 0.3 is 0 Å². The van der Waals surface area contributed by atoms with Crippen LogP contribution in [0.3, 0.4) is 0 Å². The van der Waals surface area contributed by atoms with Crippen molar-refractivity contribution in [3.8, 4) is 5.75 Å². The van der Waals surface area contributed by atoms with Crippen molar-refractivity contribution in [1.29, 1.82) is 0 Å². The average molecular weight is 547 g/mol. The highest BCUT2D eigenvalue weighted by Crippen LogP contribution is 2.25. The molecule has 9 nitrogen and oxygen atoms in total. The van der Waals surface area contributed by atoms with Crippen LogP contribution in [0.1, 0.15) is 36.5 Å². The van der Waals surface area contributed by atoms with Gasteiger partial charge in [-0.1, -0.05) is 35.9 Å². The molecule has 2 aliphatic heterocycles. The summed E-state index contributed by atoms with van der Waals surface area (Å²) in [4.78, 5) is 40.8. The van der Waals surface area contributed by atoms with Gasteiger partial charge in [0, 0.05) is 50.4 Å². The molecule has 2 aromatic rings. The number of thioether (sulfide) groups is 1. The highest BCUT2D eigenvalue weighted by atomic mass is 35.5. The van der Waals surface area contributed by atoms with Crippen LogP contribution in [0.4, 0.5) is 5.82 Å². The fraction of sp³-hybridized carbons (Fsp3) is 0.538. The van der Waals surface area contributed by atoms with Crippen LogP contribution in [-0.4, -0.2) is 96.3 Å². The number of rotatable bonds is 9. The van der Waals surface area contributed by atoms with E-state index in [4.69, 9.17) is 16.3 Å². The number of piperidine rings is 1. The monoisotopic (exact) mass is 546 g/mol. The van der Waals surface area contributed by atoms with Crippen molar-refractivity contribution in [3.05, 3.63) is 41.0 Å². The molecule has 1 aromatic heterocycles. The Bertz CT molecular complexity index is 1080. The summed E-state index contributed by atoms with van der Waals surface area (Å²) in [5, 5.41) is 3.79. The number of hydrogen-bond acceptors (Lipinski definition) is 8. The van der Waals surface area contributed by atoms with E-state index in [2.05, 4.69) is 25.1 Å². The molecule has 1 aromatic carbocycles. The van der Waals surface area contributed by atoms with Gasteiger partial charge in [0.25, 0.3) is 5.91 Å². The smallest absolute Gasteiger partial charge is 0.254 e. The van der Waals surface area contributed by atoms with Crippen LogP contribution in [0.5, 0.6) is 5.75 Å². The minimum absolute atomic E-state index is 0.0192. The minimum Gasteiger partial charge on any atom is -0.497 e. The summed E-state index contributed by atoms with van der Waals surface area (Å²) in [5.41, 5.74) is 0.609. The Morgan fingerprint density at radius 1 is 1.14 bits per heavy atom. The van der Waals surface area contributed by atoms with E-state index in [0.717, 1.165) is 19.6 Å². The summed E-state index contributed by atoms with van der Waals surface area (Å²) in [6.45, 7) is 7.59. The quantitative estimate of drug-likeness (QED) is 0.291. The number of aromatic nitrogens is 2. The number of carbonyl (C=O) groups excluding carboxylic acids is 2. The third-order valence-corrected chi connectivity index (χ3v) is 7.76. The first kappa shape index (κ1) is 27.5. The van der Waals surface area contributed by atoms with Crippen molar-refractivity contribution in [3.63, 3.8) is 0 Å². The molecule has 0 aliphatic carbocycles. The highest BCUT2D eigenvalue weighted by Gasteiger charge is 2.29. The second kappa shape index (κ2) is 13.3. The fourth-order valence-corrected chi connectivity index (χ4v) is 5.63. The first-order valence-corrected chi connectivity index (χ1v) is 14.2. The molecule has 0 bridgehead atoms. The maximum atomic E-state index is 13.1. The number of amides is 2. The number of anilines is 1. The zero-order valence-corrected chi connectivity index (χ0v) is 23.1. The molecule has 1 atom stereocenters. The predicted octanol–water partition coefficient (Wildman–Crippen LogP) is 3.18. The van der Waals surface area contributed by atoms with Crippen LogP contribution in [-0.2, 0) is 4.79 Å². The molecular formula is C26H35ClN6O3S. The van der Waals surface area contributed by atoms with Crippen molar-refractivity contribution in [1.82, 2.24) is 25.1 Å². The first-order valence-electron chi connectivity index (χ1n) is 12.8. The van der Waals surface area contributed by atoms with Gasteiger partial charge in [0.2, 0.25) is 5.91 Å². The second-order valence-electron chi connectivity index (χ2n) is 9.40. The molecule has 200 valence electrons. The number of methoxy groups -OCH3 is 1. The van der Waals surface area contributed by atoms with E-state index in [0.29, 0.717) is 53.6 Å². The van der Waals surface area contributed by atoms with E-state index in [1.54, 1.807) is 19.2 Å². The summed E-state index contributed by atoms with van der Waals surface area (Å²) in [5.74, 6) is 1.54. The Morgan fingerprint density at radius 2 is 1.95 bits per heavy atom. The Morgan fingerprint density at radius 3 is 2.70 bits per heavy atom. The lowest BCUT2D eigenvalue weighted by atomic mass is 10.1. The maximum Gasteiger partial charge on any atom is 0.254 e. The summed E-state index contributed by atoms with van der Waals surface area (Å²) in [6.07, 6.45) is 3.78. The number of halogens is 1. The molecule has 2 fully saturated rings. The number of nitrogens with one attached hydrogen (secondary N) is 1. The average Bonchev–Trinajstić information content (AvgIpc) is 2.92. The van der Waals surface area contributed by atoms with Gasteiger partial charge in [-0.15, -0.1) is 0 Å². The van der Waals surface area contributed by atoms with Crippen LogP contribution in [0, 0.1) is 0 Å². The molecule has 2 saturated heterocycles. The Kier molecular flexibility index (Phi) is 9.88. The molecule has 1 N–H and O–H groups in total. The number of nitrogens with zero attached hydrogens (tertiary/aromatic N) is 5. The van der Waals surface area contributed by atoms with Crippen molar-refractivity contribution in [2.24, 2.45) is 0 Å². The van der Waals surface area contributed by atoms with Crippen LogP contribution < -0.4 is 15.0 Å². The largest absolute Gasteiger partial charge is 0.497 e. The van der Waals surface area contributed by atoms with Gasteiger partial charge in [-0.3, -0.25) is 9.59 Å². The molecular weight excluding hydrogens is 512 g/mol. The first-order chi connectivity index (χ1) is 17.9. The molecule has 2 amide bonds. The maximum absolute atomic E-state index is 13.1. The third-order valence-electron chi connectivity index (χ3n) is 6.72. The minimum atomic E-state index is -0.0366. The van der Waals surface area contributed by atoms with Gasteiger partial charge in [-0.05, 0) is 51.1 Å². The Labute approximate surface area is 227 Å². The van der Waals surface area contributed by atoms with Gasteiger partial charge in [0.05, 0.1) is 12.9 Å². The normalized spacial score (nSPS) is 18.5. The van der Waals surface area contributed by atoms with Crippen LogP contribution >= 0.6 is 23.4 Å². The van der Waals surface area contributed by atoms with Gasteiger partial charge in [0.1, 0.15) is 16.7 Å². The van der Waals surface area contributed by atoms with E-state index in [1.165, 1.54) is 31.0 Å². The second-order valence-corrected chi connectivity index (χ2v) is 10.7. The highest BCUT2D eigenvalue weighted by molar-refractivity contribution is 7.99. The van der Waals surface area contributed by atoms with Crippen LogP contribution in [0.25, 0.3) is 0 Å². The lowest BCUT2D eigenvalue weighted by Crippen LogP contribution is -2.54. The van der Waals surface area contributed by atoms with E-state index in [-0.39, 0.29) is 23.6 Å². The van der Waals surface area contributed by atoms with Crippen LogP contribution in [0.2, 0.25) is 5.15 Å². The summed E-state index contributed by atoms with van der Waals surface area (Å²) in [7, 11) is 1.59. The zero-order chi connectivity index (χ0) is 26.2. The number of piperazine rings is 1. The molecule has 3 heterocycles.